The largest absolute Gasteiger partial charge is 0.501 e. The summed E-state index contributed by atoms with van der Waals surface area (Å²) in [5.74, 6) is 0. The molecule has 0 spiro atoms. The number of hydrogen-bond acceptors (Lipinski definition) is 3. The lowest BCUT2D eigenvalue weighted by Crippen LogP contribution is -2.47. The smallest absolute Gasteiger partial charge is 0.373 e. The van der Waals surface area contributed by atoms with Crippen LogP contribution in [0.4, 0.5) is 13.2 Å². The molecular weight excluding hydrogens is 313 g/mol. The van der Waals surface area contributed by atoms with Crippen LogP contribution in [0.5, 0.6) is 0 Å². The summed E-state index contributed by atoms with van der Waals surface area (Å²) >= 11 is 0. The van der Waals surface area contributed by atoms with Crippen molar-refractivity contribution in [3.05, 3.63) is 0 Å². The van der Waals surface area contributed by atoms with Gasteiger partial charge in [0.1, 0.15) is 0 Å². The second-order valence-corrected chi connectivity index (χ2v) is 8.14. The molecule has 0 aliphatic carbocycles. The Morgan fingerprint density at radius 2 is 1.09 bits per heavy atom. The molecule has 0 unspecified atom stereocenters. The summed E-state index contributed by atoms with van der Waals surface area (Å²) in [4.78, 5) is 0. The van der Waals surface area contributed by atoms with E-state index in [2.05, 4.69) is 0 Å². The Balaban J connectivity index is 4.75. The molecule has 3 nitrogen and oxygen atoms in total. The third kappa shape index (κ3) is 11.5. The van der Waals surface area contributed by atoms with Crippen LogP contribution >= 0.6 is 0 Å². The quantitative estimate of drug-likeness (QED) is 0.315. The number of hydrogen-bond donors (Lipinski definition) is 0. The summed E-state index contributed by atoms with van der Waals surface area (Å²) in [7, 11) is -3.24. The van der Waals surface area contributed by atoms with Gasteiger partial charge in [-0.1, -0.05) is 40.0 Å². The normalized spacial score (nSPS) is 12.8. The molecule has 0 aromatic rings. The van der Waals surface area contributed by atoms with Crippen LogP contribution in [0.1, 0.15) is 65.7 Å². The Kier molecular flexibility index (Phi) is 12.3. The fraction of sp³-hybridized carbons (Fsp3) is 1.00. The molecule has 0 aliphatic rings. The van der Waals surface area contributed by atoms with E-state index in [1.54, 1.807) is 0 Å². The van der Waals surface area contributed by atoms with Crippen molar-refractivity contribution >= 4 is 8.80 Å². The number of halogens is 3. The van der Waals surface area contributed by atoms with Crippen molar-refractivity contribution in [2.45, 2.75) is 77.9 Å². The molecule has 0 fully saturated rings. The van der Waals surface area contributed by atoms with Gasteiger partial charge in [0.2, 0.25) is 0 Å². The van der Waals surface area contributed by atoms with Gasteiger partial charge in [-0.2, -0.15) is 13.2 Å². The van der Waals surface area contributed by atoms with Crippen molar-refractivity contribution in [2.75, 3.05) is 19.8 Å². The van der Waals surface area contributed by atoms with E-state index in [0.29, 0.717) is 19.8 Å². The molecule has 0 amide bonds. The first kappa shape index (κ1) is 21.9. The monoisotopic (exact) mass is 344 g/mol. The molecule has 0 saturated heterocycles. The third-order valence-corrected chi connectivity index (χ3v) is 5.97. The van der Waals surface area contributed by atoms with Gasteiger partial charge in [-0.15, -0.1) is 0 Å². The van der Waals surface area contributed by atoms with Gasteiger partial charge >= 0.3 is 15.0 Å². The van der Waals surface area contributed by atoms with Gasteiger partial charge in [0, 0.05) is 32.3 Å². The minimum Gasteiger partial charge on any atom is -0.373 e. The van der Waals surface area contributed by atoms with Crippen LogP contribution in [0.15, 0.2) is 0 Å². The first-order chi connectivity index (χ1) is 10.4. The Labute approximate surface area is 133 Å². The highest BCUT2D eigenvalue weighted by atomic mass is 28.4. The second kappa shape index (κ2) is 12.3. The number of alkyl halides is 3. The zero-order valence-electron chi connectivity index (χ0n) is 14.1. The fourth-order valence-corrected chi connectivity index (χ4v) is 4.39. The maximum atomic E-state index is 12.6. The molecule has 0 saturated carbocycles. The summed E-state index contributed by atoms with van der Waals surface area (Å²) in [5.41, 5.74) is 0. The highest BCUT2D eigenvalue weighted by molar-refractivity contribution is 6.60. The van der Waals surface area contributed by atoms with Gasteiger partial charge in [0.25, 0.3) is 0 Å². The minimum atomic E-state index is -4.21. The lowest BCUT2D eigenvalue weighted by atomic mass is 10.4. The first-order valence-corrected chi connectivity index (χ1v) is 10.3. The van der Waals surface area contributed by atoms with Crippen molar-refractivity contribution in [1.82, 2.24) is 0 Å². The molecule has 0 atom stereocenters. The van der Waals surface area contributed by atoms with Gasteiger partial charge in [-0.25, -0.2) is 0 Å². The highest BCUT2D eigenvalue weighted by Crippen LogP contribution is 2.28. The van der Waals surface area contributed by atoms with Crippen molar-refractivity contribution in [1.29, 1.82) is 0 Å². The molecule has 0 rings (SSSR count). The molecule has 0 aliphatic heterocycles. The van der Waals surface area contributed by atoms with E-state index in [4.69, 9.17) is 13.3 Å². The SMILES string of the molecule is CCCCO[Si](CCC(F)(F)F)(OCCCC)OCCCC. The van der Waals surface area contributed by atoms with Crippen molar-refractivity contribution < 1.29 is 26.4 Å². The van der Waals surface area contributed by atoms with E-state index < -0.39 is 21.4 Å². The summed E-state index contributed by atoms with van der Waals surface area (Å²) in [5, 5.41) is 0. The van der Waals surface area contributed by atoms with E-state index >= 15 is 0 Å². The Hall–Kier alpha value is -0.113. The van der Waals surface area contributed by atoms with E-state index in [1.165, 1.54) is 0 Å². The molecule has 0 bridgehead atoms. The minimum absolute atomic E-state index is 0.187. The van der Waals surface area contributed by atoms with Crippen LogP contribution in [0.2, 0.25) is 6.04 Å². The van der Waals surface area contributed by atoms with Gasteiger partial charge in [0.05, 0.1) is 0 Å². The van der Waals surface area contributed by atoms with E-state index in [-0.39, 0.29) is 6.04 Å². The Morgan fingerprint density at radius 3 is 1.36 bits per heavy atom. The molecular formula is C15H31F3O3Si. The predicted octanol–water partition coefficient (Wildman–Crippen LogP) is 5.33. The molecule has 134 valence electrons. The molecule has 0 N–H and O–H groups in total. The maximum absolute atomic E-state index is 12.6. The van der Waals surface area contributed by atoms with Gasteiger partial charge < -0.3 is 13.3 Å². The van der Waals surface area contributed by atoms with Gasteiger partial charge in [-0.3, -0.25) is 0 Å². The lowest BCUT2D eigenvalue weighted by Gasteiger charge is -2.30. The zero-order valence-corrected chi connectivity index (χ0v) is 15.1. The van der Waals surface area contributed by atoms with E-state index in [9.17, 15) is 13.2 Å². The van der Waals surface area contributed by atoms with Crippen LogP contribution in [-0.4, -0.2) is 34.8 Å². The van der Waals surface area contributed by atoms with Crippen LogP contribution in [0, 0.1) is 0 Å². The summed E-state index contributed by atoms with van der Waals surface area (Å²) < 4.78 is 55.1. The van der Waals surface area contributed by atoms with Gasteiger partial charge in [0.15, 0.2) is 0 Å². The summed E-state index contributed by atoms with van der Waals surface area (Å²) in [6.45, 7) is 7.24. The molecule has 0 radical (unpaired) electrons. The van der Waals surface area contributed by atoms with Crippen molar-refractivity contribution in [3.63, 3.8) is 0 Å². The molecule has 0 aromatic carbocycles. The maximum Gasteiger partial charge on any atom is 0.501 e. The highest BCUT2D eigenvalue weighted by Gasteiger charge is 2.44. The third-order valence-electron chi connectivity index (χ3n) is 3.17. The van der Waals surface area contributed by atoms with Crippen LogP contribution < -0.4 is 0 Å². The fourth-order valence-electron chi connectivity index (χ4n) is 1.75. The average Bonchev–Trinajstić information content (AvgIpc) is 2.45. The first-order valence-electron chi connectivity index (χ1n) is 8.37. The Morgan fingerprint density at radius 1 is 0.727 bits per heavy atom. The zero-order chi connectivity index (χ0) is 16.9. The second-order valence-electron chi connectivity index (χ2n) is 5.40. The molecule has 0 heterocycles. The molecule has 22 heavy (non-hydrogen) atoms. The van der Waals surface area contributed by atoms with E-state index in [1.807, 2.05) is 20.8 Å². The average molecular weight is 344 g/mol. The van der Waals surface area contributed by atoms with Crippen LogP contribution in [0.3, 0.4) is 0 Å². The Bertz CT molecular complexity index is 236. The van der Waals surface area contributed by atoms with E-state index in [0.717, 1.165) is 38.5 Å². The summed E-state index contributed by atoms with van der Waals surface area (Å²) in [6, 6.07) is -0.187. The van der Waals surface area contributed by atoms with Crippen LogP contribution in [-0.2, 0) is 13.3 Å². The van der Waals surface area contributed by atoms with Gasteiger partial charge in [-0.05, 0) is 19.3 Å². The van der Waals surface area contributed by atoms with Crippen molar-refractivity contribution in [3.8, 4) is 0 Å². The predicted molar refractivity (Wildman–Crippen MR) is 83.8 cm³/mol. The number of unbranched alkanes of at least 4 members (excludes halogenated alkanes) is 3. The lowest BCUT2D eigenvalue weighted by molar-refractivity contribution is -0.133. The topological polar surface area (TPSA) is 27.7 Å². The molecule has 0 aromatic heterocycles. The van der Waals surface area contributed by atoms with Crippen LogP contribution in [0.25, 0.3) is 0 Å². The summed E-state index contributed by atoms with van der Waals surface area (Å²) in [6.07, 6.45) is 0.0480. The standard InChI is InChI=1S/C15H31F3O3Si/c1-4-7-11-19-22(20-12-8-5-2,21-13-9-6-3)14-10-15(16,17)18/h4-14H2,1-3H3. The number of rotatable bonds is 14. The van der Waals surface area contributed by atoms with Crippen molar-refractivity contribution in [2.24, 2.45) is 0 Å². The molecule has 7 heteroatoms.